The Balaban J connectivity index is 1.71. The van der Waals surface area contributed by atoms with Gasteiger partial charge in [-0.25, -0.2) is 0 Å². The summed E-state index contributed by atoms with van der Waals surface area (Å²) in [6.07, 6.45) is 0.858. The molecule has 1 aliphatic heterocycles. The van der Waals surface area contributed by atoms with Gasteiger partial charge in [0.05, 0.1) is 13.2 Å². The van der Waals surface area contributed by atoms with E-state index in [1.165, 1.54) is 18.2 Å². The number of nitrogens with one attached hydrogen (secondary N) is 1. The van der Waals surface area contributed by atoms with Crippen LogP contribution in [0.2, 0.25) is 0 Å². The maximum atomic E-state index is 11.8. The number of carbonyl (C=O) groups excluding carboxylic acids is 1. The molecule has 6 heteroatoms. The van der Waals surface area contributed by atoms with E-state index < -0.39 is 0 Å². The Bertz CT molecular complexity index is 438. The van der Waals surface area contributed by atoms with E-state index in [9.17, 15) is 15.0 Å². The minimum atomic E-state index is -0.293. The van der Waals surface area contributed by atoms with Crippen molar-refractivity contribution >= 4 is 5.91 Å². The molecule has 1 fully saturated rings. The zero-order chi connectivity index (χ0) is 14.4. The lowest BCUT2D eigenvalue weighted by molar-refractivity contribution is 0.0374. The normalized spacial score (nSPS) is 16.0. The third kappa shape index (κ3) is 4.40. The van der Waals surface area contributed by atoms with Gasteiger partial charge in [-0.3, -0.25) is 9.69 Å². The first kappa shape index (κ1) is 14.6. The van der Waals surface area contributed by atoms with E-state index in [0.29, 0.717) is 6.54 Å². The van der Waals surface area contributed by atoms with Gasteiger partial charge in [0.15, 0.2) is 0 Å². The predicted octanol–water partition coefficient (Wildman–Crippen LogP) is 0.550. The number of morpholine rings is 1. The number of amides is 1. The molecule has 20 heavy (non-hydrogen) atoms. The molecule has 1 aromatic rings. The SMILES string of the molecule is O=C(NCCCN1CCOCC1)c1cc(O)cc(O)c1. The topological polar surface area (TPSA) is 82.0 Å². The van der Waals surface area contributed by atoms with Gasteiger partial charge in [-0.05, 0) is 25.1 Å². The number of benzene rings is 1. The highest BCUT2D eigenvalue weighted by Gasteiger charge is 2.11. The van der Waals surface area contributed by atoms with Crippen molar-refractivity contribution in [3.05, 3.63) is 23.8 Å². The largest absolute Gasteiger partial charge is 0.508 e. The van der Waals surface area contributed by atoms with Gasteiger partial charge in [-0.2, -0.15) is 0 Å². The van der Waals surface area contributed by atoms with E-state index in [0.717, 1.165) is 39.3 Å². The van der Waals surface area contributed by atoms with Crippen molar-refractivity contribution < 1.29 is 19.7 Å². The molecular formula is C14H20N2O4. The first-order chi connectivity index (χ1) is 9.65. The van der Waals surface area contributed by atoms with Gasteiger partial charge in [0, 0.05) is 31.3 Å². The molecule has 6 nitrogen and oxygen atoms in total. The first-order valence-corrected chi connectivity index (χ1v) is 6.76. The summed E-state index contributed by atoms with van der Waals surface area (Å²) in [5.41, 5.74) is 0.258. The first-order valence-electron chi connectivity index (χ1n) is 6.76. The van der Waals surface area contributed by atoms with Crippen LogP contribution < -0.4 is 5.32 Å². The van der Waals surface area contributed by atoms with Crippen LogP contribution in [0.25, 0.3) is 0 Å². The Kier molecular flexibility index (Phi) is 5.20. The molecule has 0 atom stereocenters. The third-order valence-electron chi connectivity index (χ3n) is 3.21. The summed E-state index contributed by atoms with van der Waals surface area (Å²) in [4.78, 5) is 14.1. The number of carbonyl (C=O) groups is 1. The quantitative estimate of drug-likeness (QED) is 0.686. The lowest BCUT2D eigenvalue weighted by atomic mass is 10.2. The van der Waals surface area contributed by atoms with Crippen molar-refractivity contribution in [3.8, 4) is 11.5 Å². The zero-order valence-electron chi connectivity index (χ0n) is 11.3. The number of phenols is 2. The van der Waals surface area contributed by atoms with E-state index in [4.69, 9.17) is 4.74 Å². The molecule has 1 amide bonds. The van der Waals surface area contributed by atoms with Gasteiger partial charge in [0.1, 0.15) is 11.5 Å². The zero-order valence-corrected chi connectivity index (χ0v) is 11.3. The number of nitrogens with zero attached hydrogens (tertiary/aromatic N) is 1. The molecule has 2 rings (SSSR count). The number of phenolic OH excluding ortho intramolecular Hbond substituents is 2. The summed E-state index contributed by atoms with van der Waals surface area (Å²) in [6, 6.07) is 3.85. The molecule has 0 saturated carbocycles. The molecule has 0 radical (unpaired) electrons. The summed E-state index contributed by atoms with van der Waals surface area (Å²) in [6.45, 7) is 4.91. The lowest BCUT2D eigenvalue weighted by Gasteiger charge is -2.26. The Morgan fingerprint density at radius 3 is 2.50 bits per heavy atom. The van der Waals surface area contributed by atoms with Gasteiger partial charge in [0.2, 0.25) is 0 Å². The maximum Gasteiger partial charge on any atom is 0.251 e. The fraction of sp³-hybridized carbons (Fsp3) is 0.500. The van der Waals surface area contributed by atoms with Crippen LogP contribution in [0.15, 0.2) is 18.2 Å². The van der Waals surface area contributed by atoms with Crippen LogP contribution in [0.1, 0.15) is 16.8 Å². The molecule has 110 valence electrons. The van der Waals surface area contributed by atoms with Gasteiger partial charge in [-0.1, -0.05) is 0 Å². The second-order valence-corrected chi connectivity index (χ2v) is 4.80. The maximum absolute atomic E-state index is 11.8. The highest BCUT2D eigenvalue weighted by atomic mass is 16.5. The van der Waals surface area contributed by atoms with Gasteiger partial charge >= 0.3 is 0 Å². The van der Waals surface area contributed by atoms with Crippen LogP contribution in [0.5, 0.6) is 11.5 Å². The van der Waals surface area contributed by atoms with Gasteiger partial charge in [0.25, 0.3) is 5.91 Å². The number of ether oxygens (including phenoxy) is 1. The van der Waals surface area contributed by atoms with E-state index >= 15 is 0 Å². The Labute approximate surface area is 118 Å². The van der Waals surface area contributed by atoms with Gasteiger partial charge in [-0.15, -0.1) is 0 Å². The molecule has 1 aliphatic rings. The number of rotatable bonds is 5. The van der Waals surface area contributed by atoms with E-state index in [1.807, 2.05) is 0 Å². The van der Waals surface area contributed by atoms with E-state index in [1.54, 1.807) is 0 Å². The number of hydrogen-bond donors (Lipinski definition) is 3. The average molecular weight is 280 g/mol. The average Bonchev–Trinajstić information content (AvgIpc) is 2.43. The van der Waals surface area contributed by atoms with Crippen LogP contribution >= 0.6 is 0 Å². The van der Waals surface area contributed by atoms with Crippen molar-refractivity contribution in [1.82, 2.24) is 10.2 Å². The minimum absolute atomic E-state index is 0.122. The van der Waals surface area contributed by atoms with E-state index in [2.05, 4.69) is 10.2 Å². The van der Waals surface area contributed by atoms with Crippen LogP contribution in [0.4, 0.5) is 0 Å². The molecule has 1 heterocycles. The molecule has 0 aliphatic carbocycles. The van der Waals surface area contributed by atoms with Crippen molar-refractivity contribution in [3.63, 3.8) is 0 Å². The van der Waals surface area contributed by atoms with Crippen LogP contribution in [0, 0.1) is 0 Å². The molecule has 1 aromatic carbocycles. The van der Waals surface area contributed by atoms with Crippen molar-refractivity contribution in [1.29, 1.82) is 0 Å². The Hall–Kier alpha value is -1.79. The molecule has 3 N–H and O–H groups in total. The van der Waals surface area contributed by atoms with Crippen molar-refractivity contribution in [2.75, 3.05) is 39.4 Å². The summed E-state index contributed by atoms with van der Waals surface area (Å²) in [5, 5.41) is 21.4. The highest BCUT2D eigenvalue weighted by Crippen LogP contribution is 2.20. The highest BCUT2D eigenvalue weighted by molar-refractivity contribution is 5.95. The molecule has 0 aromatic heterocycles. The second-order valence-electron chi connectivity index (χ2n) is 4.80. The fourth-order valence-corrected chi connectivity index (χ4v) is 2.16. The second kappa shape index (κ2) is 7.12. The Morgan fingerprint density at radius 1 is 1.20 bits per heavy atom. The molecule has 0 bridgehead atoms. The summed E-state index contributed by atoms with van der Waals surface area (Å²) in [5.74, 6) is -0.537. The van der Waals surface area contributed by atoms with Crippen LogP contribution in [-0.2, 0) is 4.74 Å². The van der Waals surface area contributed by atoms with Gasteiger partial charge < -0.3 is 20.3 Å². The Morgan fingerprint density at radius 2 is 1.85 bits per heavy atom. The number of hydrogen-bond acceptors (Lipinski definition) is 5. The molecular weight excluding hydrogens is 260 g/mol. The predicted molar refractivity (Wildman–Crippen MR) is 74.0 cm³/mol. The monoisotopic (exact) mass is 280 g/mol. The molecule has 0 spiro atoms. The van der Waals surface area contributed by atoms with E-state index in [-0.39, 0.29) is 23.0 Å². The molecule has 1 saturated heterocycles. The van der Waals surface area contributed by atoms with Crippen LogP contribution in [0.3, 0.4) is 0 Å². The summed E-state index contributed by atoms with van der Waals surface area (Å²) < 4.78 is 5.27. The number of aromatic hydroxyl groups is 2. The van der Waals surface area contributed by atoms with Crippen molar-refractivity contribution in [2.45, 2.75) is 6.42 Å². The third-order valence-corrected chi connectivity index (χ3v) is 3.21. The minimum Gasteiger partial charge on any atom is -0.508 e. The summed E-state index contributed by atoms with van der Waals surface area (Å²) >= 11 is 0. The summed E-state index contributed by atoms with van der Waals surface area (Å²) in [7, 11) is 0. The lowest BCUT2D eigenvalue weighted by Crippen LogP contribution is -2.38. The smallest absolute Gasteiger partial charge is 0.251 e. The fourth-order valence-electron chi connectivity index (χ4n) is 2.16. The molecule has 0 unspecified atom stereocenters. The van der Waals surface area contributed by atoms with Crippen LogP contribution in [-0.4, -0.2) is 60.4 Å². The van der Waals surface area contributed by atoms with Crippen molar-refractivity contribution in [2.24, 2.45) is 0 Å². The standard InChI is InChI=1S/C14H20N2O4/c17-12-8-11(9-13(18)10-12)14(19)15-2-1-3-16-4-6-20-7-5-16/h8-10,17-18H,1-7H2,(H,15,19).